The zero-order valence-electron chi connectivity index (χ0n) is 36.6. The molecule has 0 spiro atoms. The Hall–Kier alpha value is -5.09. The van der Waals surface area contributed by atoms with E-state index in [1.165, 1.54) is 17.0 Å². The number of amides is 5. The second kappa shape index (κ2) is 21.6. The summed E-state index contributed by atoms with van der Waals surface area (Å²) in [6.45, 7) is 14.5. The quantitative estimate of drug-likeness (QED) is 0.0862. The monoisotopic (exact) mass is 866 g/mol. The highest BCUT2D eigenvalue weighted by molar-refractivity contribution is 7.13. The van der Waals surface area contributed by atoms with Gasteiger partial charge in [-0.2, -0.15) is 0 Å². The van der Waals surface area contributed by atoms with Gasteiger partial charge in [0.1, 0.15) is 35.9 Å². The van der Waals surface area contributed by atoms with Gasteiger partial charge in [0.2, 0.25) is 23.6 Å². The summed E-state index contributed by atoms with van der Waals surface area (Å²) in [5, 5.41) is 19.2. The fraction of sp³-hybridized carbons (Fsp3) is 0.556. The highest BCUT2D eigenvalue weighted by atomic mass is 32.1. The number of thiazole rings is 1. The lowest BCUT2D eigenvalue weighted by molar-refractivity contribution is -0.144. The normalized spacial score (nSPS) is 16.9. The van der Waals surface area contributed by atoms with E-state index in [0.717, 1.165) is 21.7 Å². The minimum atomic E-state index is -0.952. The molecule has 16 heteroatoms. The van der Waals surface area contributed by atoms with Crippen LogP contribution in [0, 0.1) is 18.2 Å². The van der Waals surface area contributed by atoms with Gasteiger partial charge in [-0.05, 0) is 101 Å². The molecule has 1 aromatic heterocycles. The SMILES string of the molecule is Cc1ncsc1-c1ccc([C@H](C)NC(=O)[C@@H]2C[C@@H](O)CN2C(=O)[C@@H](NC(=O)CCCCCc2cc(OC[C@H](CCC(N)=O)NC(=O)OC(C)(C)C)ccc2F)C(C)(C)C)cc1. The van der Waals surface area contributed by atoms with Crippen molar-refractivity contribution in [3.8, 4) is 16.2 Å². The zero-order chi connectivity index (χ0) is 45.1. The third-order valence-corrected chi connectivity index (χ3v) is 11.3. The molecule has 6 N–H and O–H groups in total. The lowest BCUT2D eigenvalue weighted by Crippen LogP contribution is -2.57. The topological polar surface area (TPSA) is 202 Å². The van der Waals surface area contributed by atoms with Gasteiger partial charge in [0.15, 0.2) is 0 Å². The lowest BCUT2D eigenvalue weighted by atomic mass is 9.85. The molecule has 0 bridgehead atoms. The average Bonchev–Trinajstić information content (AvgIpc) is 3.79. The number of hydrogen-bond donors (Lipinski definition) is 5. The van der Waals surface area contributed by atoms with Crippen LogP contribution in [0.5, 0.6) is 5.75 Å². The van der Waals surface area contributed by atoms with Gasteiger partial charge in [0.05, 0.1) is 34.3 Å². The molecule has 334 valence electrons. The van der Waals surface area contributed by atoms with Gasteiger partial charge in [0.25, 0.3) is 0 Å². The van der Waals surface area contributed by atoms with E-state index in [0.29, 0.717) is 37.0 Å². The minimum absolute atomic E-state index is 0.000235. The first-order valence-electron chi connectivity index (χ1n) is 20.9. The van der Waals surface area contributed by atoms with Crippen LogP contribution in [0.1, 0.15) is 116 Å². The number of carbonyl (C=O) groups is 5. The number of nitrogens with one attached hydrogen (secondary N) is 3. The third kappa shape index (κ3) is 15.1. The highest BCUT2D eigenvalue weighted by Crippen LogP contribution is 2.30. The number of likely N-dealkylation sites (tertiary alicyclic amines) is 1. The molecule has 2 heterocycles. The van der Waals surface area contributed by atoms with Gasteiger partial charge >= 0.3 is 6.09 Å². The summed E-state index contributed by atoms with van der Waals surface area (Å²) < 4.78 is 26.0. The van der Waals surface area contributed by atoms with E-state index in [-0.39, 0.29) is 56.7 Å². The molecule has 61 heavy (non-hydrogen) atoms. The molecule has 1 aliphatic heterocycles. The molecule has 1 saturated heterocycles. The molecule has 0 saturated carbocycles. The number of halogens is 1. The molecule has 0 aliphatic carbocycles. The molecule has 5 amide bonds. The van der Waals surface area contributed by atoms with Crippen molar-refractivity contribution in [2.75, 3.05) is 13.2 Å². The number of alkyl carbamates (subject to hydrolysis) is 1. The Kier molecular flexibility index (Phi) is 17.2. The minimum Gasteiger partial charge on any atom is -0.491 e. The van der Waals surface area contributed by atoms with Crippen LogP contribution in [0.4, 0.5) is 9.18 Å². The summed E-state index contributed by atoms with van der Waals surface area (Å²) in [6.07, 6.45) is 0.964. The van der Waals surface area contributed by atoms with Gasteiger partial charge in [-0.1, -0.05) is 51.5 Å². The van der Waals surface area contributed by atoms with E-state index in [1.54, 1.807) is 43.7 Å². The molecular formula is C45H63FN6O8S. The first-order valence-corrected chi connectivity index (χ1v) is 21.8. The molecule has 1 aliphatic rings. The van der Waals surface area contributed by atoms with Gasteiger partial charge in [-0.25, -0.2) is 14.2 Å². The number of nitrogens with two attached hydrogens (primary N) is 1. The number of aryl methyl sites for hydroxylation is 2. The molecule has 0 radical (unpaired) electrons. The Labute approximate surface area is 362 Å². The summed E-state index contributed by atoms with van der Waals surface area (Å²) in [6, 6.07) is 9.46. The number of β-amino-alcohol motifs (C(OH)–C–C–N with tert-alkyl or cyclic N) is 1. The van der Waals surface area contributed by atoms with Gasteiger partial charge < -0.3 is 41.2 Å². The van der Waals surface area contributed by atoms with Crippen LogP contribution in [0.2, 0.25) is 0 Å². The van der Waals surface area contributed by atoms with E-state index >= 15 is 0 Å². The highest BCUT2D eigenvalue weighted by Gasteiger charge is 2.44. The maximum absolute atomic E-state index is 14.8. The largest absolute Gasteiger partial charge is 0.491 e. The fourth-order valence-corrected chi connectivity index (χ4v) is 7.86. The number of aliphatic hydroxyl groups is 1. The lowest BCUT2D eigenvalue weighted by Gasteiger charge is -2.35. The van der Waals surface area contributed by atoms with Gasteiger partial charge in [-0.3, -0.25) is 19.2 Å². The predicted molar refractivity (Wildman–Crippen MR) is 232 cm³/mol. The molecule has 0 unspecified atom stereocenters. The Morgan fingerprint density at radius 3 is 2.31 bits per heavy atom. The second-order valence-corrected chi connectivity index (χ2v) is 18.7. The fourth-order valence-electron chi connectivity index (χ4n) is 7.04. The van der Waals surface area contributed by atoms with Crippen molar-refractivity contribution in [1.29, 1.82) is 0 Å². The van der Waals surface area contributed by atoms with Gasteiger partial charge in [-0.15, -0.1) is 11.3 Å². The number of primary amides is 1. The van der Waals surface area contributed by atoms with E-state index in [2.05, 4.69) is 20.9 Å². The van der Waals surface area contributed by atoms with Crippen LogP contribution in [0.25, 0.3) is 10.4 Å². The van der Waals surface area contributed by atoms with Crippen molar-refractivity contribution >= 4 is 41.1 Å². The van der Waals surface area contributed by atoms with Crippen LogP contribution in [-0.4, -0.2) is 87.7 Å². The number of unbranched alkanes of at least 4 members (excludes halogenated alkanes) is 2. The summed E-state index contributed by atoms with van der Waals surface area (Å²) >= 11 is 1.56. The Balaban J connectivity index is 1.27. The Morgan fingerprint density at radius 2 is 1.69 bits per heavy atom. The summed E-state index contributed by atoms with van der Waals surface area (Å²) in [7, 11) is 0. The smallest absolute Gasteiger partial charge is 0.407 e. The summed E-state index contributed by atoms with van der Waals surface area (Å²) in [4.78, 5) is 71.5. The maximum Gasteiger partial charge on any atom is 0.407 e. The molecule has 3 aromatic rings. The third-order valence-electron chi connectivity index (χ3n) is 10.3. The van der Waals surface area contributed by atoms with Crippen LogP contribution >= 0.6 is 11.3 Å². The first kappa shape index (κ1) is 48.6. The zero-order valence-corrected chi connectivity index (χ0v) is 37.5. The summed E-state index contributed by atoms with van der Waals surface area (Å²) in [5.41, 5.74) is 9.00. The first-order chi connectivity index (χ1) is 28.6. The van der Waals surface area contributed by atoms with Crippen LogP contribution in [-0.2, 0) is 30.3 Å². The molecule has 2 aromatic carbocycles. The number of ether oxygens (including phenoxy) is 2. The van der Waals surface area contributed by atoms with Crippen molar-refractivity contribution in [2.45, 2.75) is 143 Å². The van der Waals surface area contributed by atoms with E-state index < -0.39 is 59.0 Å². The van der Waals surface area contributed by atoms with Crippen molar-refractivity contribution in [1.82, 2.24) is 25.8 Å². The van der Waals surface area contributed by atoms with Crippen molar-refractivity contribution < 1.29 is 42.9 Å². The standard InChI is InChI=1S/C45H63FN6O8S/c1-27(29-14-16-30(17-15-29)39-28(2)48-26-61-39)49-41(56)36-23-33(53)24-52(36)42(57)40(44(3,4)5)51-38(55)13-11-9-10-12-31-22-34(19-20-35(31)46)59-25-32(18-21-37(47)54)50-43(58)60-45(6,7)8/h14-17,19-20,22,26-27,32-33,36,40,53H,9-13,18,21,23-25H2,1-8H3,(H2,47,54)(H,49,56)(H,50,58)(H,51,55)/t27-,32-,33+,36-,40+/m0/s1. The number of carbonyl (C=O) groups excluding carboxylic acids is 5. The van der Waals surface area contributed by atoms with E-state index in [9.17, 15) is 33.5 Å². The maximum atomic E-state index is 14.8. The number of aliphatic hydroxyl groups excluding tert-OH is 1. The van der Waals surface area contributed by atoms with E-state index in [4.69, 9.17) is 15.2 Å². The van der Waals surface area contributed by atoms with E-state index in [1.807, 2.05) is 58.9 Å². The number of benzene rings is 2. The van der Waals surface area contributed by atoms with Crippen LogP contribution in [0.15, 0.2) is 48.0 Å². The van der Waals surface area contributed by atoms with Crippen molar-refractivity contribution in [3.63, 3.8) is 0 Å². The number of hydrogen-bond acceptors (Lipinski definition) is 10. The van der Waals surface area contributed by atoms with Crippen molar-refractivity contribution in [3.05, 3.63) is 70.6 Å². The van der Waals surface area contributed by atoms with Crippen LogP contribution in [0.3, 0.4) is 0 Å². The predicted octanol–water partition coefficient (Wildman–Crippen LogP) is 6.27. The molecule has 14 nitrogen and oxygen atoms in total. The average molecular weight is 867 g/mol. The molecule has 1 fully saturated rings. The van der Waals surface area contributed by atoms with Crippen molar-refractivity contribution in [2.24, 2.45) is 11.1 Å². The molecule has 4 rings (SSSR count). The Bertz CT molecular complexity index is 1980. The number of aromatic nitrogens is 1. The van der Waals surface area contributed by atoms with Gasteiger partial charge in [0, 0.05) is 25.8 Å². The van der Waals surface area contributed by atoms with Crippen LogP contribution < -0.4 is 26.4 Å². The second-order valence-electron chi connectivity index (χ2n) is 17.9. The number of rotatable bonds is 19. The molecule has 5 atom stereocenters. The number of nitrogens with zero attached hydrogens (tertiary/aromatic N) is 2. The Morgan fingerprint density at radius 1 is 0.984 bits per heavy atom. The molecular weight excluding hydrogens is 804 g/mol. The summed E-state index contributed by atoms with van der Waals surface area (Å²) in [5.74, 6) is -1.69.